The Bertz CT molecular complexity index is 611. The molecule has 1 saturated heterocycles. The maximum Gasteiger partial charge on any atom is 0.244 e. The summed E-state index contributed by atoms with van der Waals surface area (Å²) in [4.78, 5) is 13.6. The van der Waals surface area contributed by atoms with Crippen molar-refractivity contribution in [1.29, 1.82) is 0 Å². The molecule has 24 heavy (non-hydrogen) atoms. The van der Waals surface area contributed by atoms with Gasteiger partial charge in [0.1, 0.15) is 5.82 Å². The van der Waals surface area contributed by atoms with E-state index in [1.54, 1.807) is 6.20 Å². The first-order valence-electron chi connectivity index (χ1n) is 8.71. The lowest BCUT2D eigenvalue weighted by Gasteiger charge is -2.35. The van der Waals surface area contributed by atoms with Crippen LogP contribution < -0.4 is 15.1 Å². The third-order valence-corrected chi connectivity index (χ3v) is 4.19. The van der Waals surface area contributed by atoms with Gasteiger partial charge in [0.15, 0.2) is 5.82 Å². The van der Waals surface area contributed by atoms with Crippen molar-refractivity contribution < 1.29 is 0 Å². The molecule has 0 aliphatic carbocycles. The van der Waals surface area contributed by atoms with Gasteiger partial charge in [-0.3, -0.25) is 0 Å². The van der Waals surface area contributed by atoms with Crippen LogP contribution in [0, 0.1) is 0 Å². The first-order valence-corrected chi connectivity index (χ1v) is 8.71. The minimum Gasteiger partial charge on any atom is -0.353 e. The zero-order chi connectivity index (χ0) is 16.6. The fraction of sp³-hybridized carbons (Fsp3) is 0.529. The fourth-order valence-electron chi connectivity index (χ4n) is 2.80. The molecule has 0 bridgehead atoms. The van der Waals surface area contributed by atoms with E-state index in [1.807, 2.05) is 18.3 Å². The van der Waals surface area contributed by atoms with Gasteiger partial charge in [-0.2, -0.15) is 10.1 Å². The Morgan fingerprint density at radius 1 is 1.04 bits per heavy atom. The molecule has 128 valence electrons. The smallest absolute Gasteiger partial charge is 0.244 e. The van der Waals surface area contributed by atoms with E-state index in [1.165, 1.54) is 12.8 Å². The van der Waals surface area contributed by atoms with Gasteiger partial charge in [0.2, 0.25) is 5.95 Å². The van der Waals surface area contributed by atoms with Crippen molar-refractivity contribution >= 4 is 17.6 Å². The quantitative estimate of drug-likeness (QED) is 0.782. The summed E-state index contributed by atoms with van der Waals surface area (Å²) in [7, 11) is 0. The predicted octanol–water partition coefficient (Wildman–Crippen LogP) is 2.20. The summed E-state index contributed by atoms with van der Waals surface area (Å²) in [5.74, 6) is 2.55. The van der Waals surface area contributed by atoms with Gasteiger partial charge in [0.25, 0.3) is 0 Å². The average molecular weight is 327 g/mol. The number of rotatable bonds is 7. The monoisotopic (exact) mass is 327 g/mol. The van der Waals surface area contributed by atoms with E-state index in [9.17, 15) is 0 Å². The molecule has 3 rings (SSSR count). The van der Waals surface area contributed by atoms with Crippen LogP contribution in [-0.2, 0) is 0 Å². The second kappa shape index (κ2) is 8.42. The number of pyridine rings is 1. The van der Waals surface area contributed by atoms with E-state index < -0.39 is 0 Å². The van der Waals surface area contributed by atoms with Crippen LogP contribution >= 0.6 is 0 Å². The lowest BCUT2D eigenvalue weighted by molar-refractivity contribution is 0.639. The summed E-state index contributed by atoms with van der Waals surface area (Å²) < 4.78 is 0. The van der Waals surface area contributed by atoms with Crippen LogP contribution in [0.15, 0.2) is 30.6 Å². The van der Waals surface area contributed by atoms with E-state index in [2.05, 4.69) is 48.3 Å². The topological polar surface area (TPSA) is 70.1 Å². The molecule has 2 aromatic rings. The minimum absolute atomic E-state index is 0.621. The summed E-state index contributed by atoms with van der Waals surface area (Å²) >= 11 is 0. The second-order valence-corrected chi connectivity index (χ2v) is 5.93. The number of piperazine rings is 1. The molecule has 0 amide bonds. The van der Waals surface area contributed by atoms with Gasteiger partial charge in [-0.05, 0) is 18.6 Å². The number of aromatic nitrogens is 4. The molecule has 1 N–H and O–H groups in total. The van der Waals surface area contributed by atoms with E-state index in [-0.39, 0.29) is 0 Å². The largest absolute Gasteiger partial charge is 0.353 e. The molecule has 0 spiro atoms. The number of hydrogen-bond donors (Lipinski definition) is 1. The van der Waals surface area contributed by atoms with Crippen LogP contribution in [0.25, 0.3) is 0 Å². The lowest BCUT2D eigenvalue weighted by atomic mass is 10.2. The maximum absolute atomic E-state index is 4.60. The molecule has 0 radical (unpaired) electrons. The maximum atomic E-state index is 4.60. The number of nitrogens with one attached hydrogen (secondary N) is 1. The molecular formula is C17H25N7. The van der Waals surface area contributed by atoms with Crippen LogP contribution in [0.5, 0.6) is 0 Å². The third-order valence-electron chi connectivity index (χ3n) is 4.19. The lowest BCUT2D eigenvalue weighted by Crippen LogP contribution is -2.47. The Labute approximate surface area is 143 Å². The Hall–Kier alpha value is -2.44. The molecule has 2 aromatic heterocycles. The molecule has 0 atom stereocenters. The zero-order valence-electron chi connectivity index (χ0n) is 14.2. The van der Waals surface area contributed by atoms with Crippen molar-refractivity contribution in [1.82, 2.24) is 20.2 Å². The van der Waals surface area contributed by atoms with Crippen LogP contribution in [0.4, 0.5) is 17.6 Å². The van der Waals surface area contributed by atoms with Crippen LogP contribution in [0.1, 0.15) is 26.2 Å². The Balaban J connectivity index is 1.54. The van der Waals surface area contributed by atoms with Gasteiger partial charge in [-0.15, -0.1) is 5.10 Å². The van der Waals surface area contributed by atoms with Crippen molar-refractivity contribution in [2.75, 3.05) is 47.8 Å². The van der Waals surface area contributed by atoms with E-state index >= 15 is 0 Å². The van der Waals surface area contributed by atoms with Gasteiger partial charge in [-0.1, -0.05) is 25.8 Å². The highest BCUT2D eigenvalue weighted by atomic mass is 15.3. The van der Waals surface area contributed by atoms with E-state index in [0.717, 1.165) is 50.8 Å². The van der Waals surface area contributed by atoms with Crippen molar-refractivity contribution in [3.8, 4) is 0 Å². The van der Waals surface area contributed by atoms with Crippen molar-refractivity contribution in [2.45, 2.75) is 26.2 Å². The number of hydrogen-bond acceptors (Lipinski definition) is 7. The second-order valence-electron chi connectivity index (χ2n) is 5.93. The van der Waals surface area contributed by atoms with Crippen LogP contribution in [0.2, 0.25) is 0 Å². The Kier molecular flexibility index (Phi) is 5.76. The highest BCUT2D eigenvalue weighted by Gasteiger charge is 2.19. The number of anilines is 3. The minimum atomic E-state index is 0.621. The first-order chi connectivity index (χ1) is 11.9. The summed E-state index contributed by atoms with van der Waals surface area (Å²) in [6, 6.07) is 6.03. The SMILES string of the molecule is CCCCCNc1nncc(N2CCN(c3ccccn3)CC2)n1. The van der Waals surface area contributed by atoms with Crippen molar-refractivity contribution in [3.63, 3.8) is 0 Å². The average Bonchev–Trinajstić information content (AvgIpc) is 2.66. The summed E-state index contributed by atoms with van der Waals surface area (Å²) in [6.45, 7) is 6.77. The fourth-order valence-corrected chi connectivity index (χ4v) is 2.80. The molecule has 0 aromatic carbocycles. The zero-order valence-corrected chi connectivity index (χ0v) is 14.2. The summed E-state index contributed by atoms with van der Waals surface area (Å²) in [5.41, 5.74) is 0. The van der Waals surface area contributed by atoms with Gasteiger partial charge in [0, 0.05) is 38.9 Å². The Morgan fingerprint density at radius 2 is 1.83 bits per heavy atom. The van der Waals surface area contributed by atoms with Crippen molar-refractivity contribution in [2.24, 2.45) is 0 Å². The predicted molar refractivity (Wildman–Crippen MR) is 96.5 cm³/mol. The summed E-state index contributed by atoms with van der Waals surface area (Å²) in [6.07, 6.45) is 7.14. The van der Waals surface area contributed by atoms with Crippen molar-refractivity contribution in [3.05, 3.63) is 30.6 Å². The van der Waals surface area contributed by atoms with Gasteiger partial charge in [0.05, 0.1) is 6.20 Å². The highest BCUT2D eigenvalue weighted by Crippen LogP contribution is 2.17. The van der Waals surface area contributed by atoms with E-state index in [0.29, 0.717) is 5.95 Å². The third kappa shape index (κ3) is 4.31. The standard InChI is InChI=1S/C17H25N7/c1-2-3-5-9-19-17-21-16(14-20-22-17)24-12-10-23(11-13-24)15-7-4-6-8-18-15/h4,6-8,14H,2-3,5,9-13H2,1H3,(H,19,21,22). The molecule has 0 unspecified atom stereocenters. The molecule has 7 nitrogen and oxygen atoms in total. The first kappa shape index (κ1) is 16.4. The number of unbranched alkanes of at least 4 members (excludes halogenated alkanes) is 2. The molecule has 1 aliphatic rings. The summed E-state index contributed by atoms with van der Waals surface area (Å²) in [5, 5.41) is 11.4. The number of nitrogens with zero attached hydrogens (tertiary/aromatic N) is 6. The van der Waals surface area contributed by atoms with Gasteiger partial charge < -0.3 is 15.1 Å². The molecule has 3 heterocycles. The van der Waals surface area contributed by atoms with Crippen LogP contribution in [-0.4, -0.2) is 52.9 Å². The van der Waals surface area contributed by atoms with E-state index in [4.69, 9.17) is 0 Å². The molecule has 0 saturated carbocycles. The van der Waals surface area contributed by atoms with Crippen LogP contribution in [0.3, 0.4) is 0 Å². The highest BCUT2D eigenvalue weighted by molar-refractivity contribution is 5.45. The molecule has 1 aliphatic heterocycles. The normalized spacial score (nSPS) is 14.7. The Morgan fingerprint density at radius 3 is 2.54 bits per heavy atom. The molecule has 1 fully saturated rings. The molecular weight excluding hydrogens is 302 g/mol. The van der Waals surface area contributed by atoms with Gasteiger partial charge in [-0.25, -0.2) is 4.98 Å². The molecule has 7 heteroatoms. The van der Waals surface area contributed by atoms with Gasteiger partial charge >= 0.3 is 0 Å².